The Bertz CT molecular complexity index is 946. The van der Waals surface area contributed by atoms with Crippen LogP contribution in [0.15, 0.2) is 47.3 Å². The summed E-state index contributed by atoms with van der Waals surface area (Å²) >= 11 is 6.21. The molecule has 0 unspecified atom stereocenters. The molecule has 0 N–H and O–H groups in total. The maximum absolute atomic E-state index is 13.5. The van der Waals surface area contributed by atoms with E-state index in [0.717, 1.165) is 29.5 Å². The van der Waals surface area contributed by atoms with Crippen molar-refractivity contribution in [2.45, 2.75) is 26.7 Å². The van der Waals surface area contributed by atoms with Gasteiger partial charge < -0.3 is 0 Å². The van der Waals surface area contributed by atoms with Gasteiger partial charge in [-0.25, -0.2) is 4.39 Å². The number of hydrogen-bond donors (Lipinski definition) is 0. The van der Waals surface area contributed by atoms with Crippen LogP contribution >= 0.6 is 11.6 Å². The summed E-state index contributed by atoms with van der Waals surface area (Å²) in [4.78, 5) is 12.9. The summed E-state index contributed by atoms with van der Waals surface area (Å²) in [6, 6.07) is 11.8. The van der Waals surface area contributed by atoms with Crippen molar-refractivity contribution in [3.8, 4) is 5.69 Å². The van der Waals surface area contributed by atoms with Gasteiger partial charge in [0.15, 0.2) is 0 Å². The summed E-state index contributed by atoms with van der Waals surface area (Å²) in [6.07, 6.45) is 1.67. The van der Waals surface area contributed by atoms with Crippen LogP contribution in [0, 0.1) is 12.7 Å². The smallest absolute Gasteiger partial charge is 0.263 e. The van der Waals surface area contributed by atoms with E-state index in [1.807, 2.05) is 25.1 Å². The largest absolute Gasteiger partial charge is 0.281 e. The Balaban J connectivity index is 2.36. The molecule has 0 radical (unpaired) electrons. The molecule has 0 saturated carbocycles. The highest BCUT2D eigenvalue weighted by Gasteiger charge is 2.12. The van der Waals surface area contributed by atoms with Gasteiger partial charge in [0.1, 0.15) is 5.82 Å². The lowest BCUT2D eigenvalue weighted by molar-refractivity contribution is 0.629. The average molecular weight is 330 g/mol. The molecule has 0 fully saturated rings. The third-order valence-electron chi connectivity index (χ3n) is 3.98. The first-order valence-electron chi connectivity index (χ1n) is 7.62. The lowest BCUT2D eigenvalue weighted by Gasteiger charge is -2.15. The van der Waals surface area contributed by atoms with Gasteiger partial charge in [-0.2, -0.15) is 0 Å². The molecule has 0 aliphatic heterocycles. The van der Waals surface area contributed by atoms with E-state index in [4.69, 9.17) is 11.6 Å². The number of halogens is 2. The predicted octanol–water partition coefficient (Wildman–Crippen LogP) is 5.04. The average Bonchev–Trinajstić information content (AvgIpc) is 2.52. The molecule has 0 amide bonds. The fourth-order valence-electron chi connectivity index (χ4n) is 2.78. The third-order valence-corrected chi connectivity index (χ3v) is 4.39. The van der Waals surface area contributed by atoms with E-state index in [9.17, 15) is 9.18 Å². The number of fused-ring (bicyclic) bond motifs is 1. The van der Waals surface area contributed by atoms with Crippen LogP contribution in [0.5, 0.6) is 0 Å². The quantitative estimate of drug-likeness (QED) is 0.659. The predicted molar refractivity (Wildman–Crippen MR) is 93.2 cm³/mol. The number of rotatable bonds is 3. The molecule has 0 spiro atoms. The highest BCUT2D eigenvalue weighted by molar-refractivity contribution is 6.31. The molecule has 0 aliphatic carbocycles. The first kappa shape index (κ1) is 15.8. The zero-order chi connectivity index (χ0) is 16.6. The zero-order valence-corrected chi connectivity index (χ0v) is 13.8. The van der Waals surface area contributed by atoms with Crippen LogP contribution in [0.4, 0.5) is 4.39 Å². The van der Waals surface area contributed by atoms with Crippen molar-refractivity contribution in [3.05, 3.63) is 74.9 Å². The minimum atomic E-state index is -0.411. The maximum atomic E-state index is 13.5. The van der Waals surface area contributed by atoms with Gasteiger partial charge in [-0.15, -0.1) is 0 Å². The van der Waals surface area contributed by atoms with Gasteiger partial charge in [0.25, 0.3) is 5.56 Å². The highest BCUT2D eigenvalue weighted by atomic mass is 35.5. The SMILES string of the molecule is CCCc1cc2ccc(F)cc2c(=O)n1-c1ccc(C)c(Cl)c1. The molecule has 118 valence electrons. The van der Waals surface area contributed by atoms with Crippen LogP contribution in [0.1, 0.15) is 24.6 Å². The van der Waals surface area contributed by atoms with Gasteiger partial charge in [-0.3, -0.25) is 9.36 Å². The molecule has 23 heavy (non-hydrogen) atoms. The summed E-state index contributed by atoms with van der Waals surface area (Å²) in [5.41, 5.74) is 2.34. The molecule has 1 heterocycles. The highest BCUT2D eigenvalue weighted by Crippen LogP contribution is 2.22. The summed E-state index contributed by atoms with van der Waals surface area (Å²) in [5.74, 6) is -0.411. The number of benzene rings is 2. The lowest BCUT2D eigenvalue weighted by Crippen LogP contribution is -2.22. The van der Waals surface area contributed by atoms with Crippen LogP contribution in [0.3, 0.4) is 0 Å². The standard InChI is InChI=1S/C19H17ClFNO/c1-3-4-15-9-13-6-7-14(21)10-17(13)19(23)22(15)16-8-5-12(2)18(20)11-16/h5-11H,3-4H2,1-2H3. The Hall–Kier alpha value is -2.13. The molecule has 0 atom stereocenters. The van der Waals surface area contributed by atoms with E-state index < -0.39 is 5.82 Å². The number of pyridine rings is 1. The summed E-state index contributed by atoms with van der Waals surface area (Å²) in [7, 11) is 0. The van der Waals surface area contributed by atoms with Crippen LogP contribution in [0.2, 0.25) is 5.02 Å². The molecular weight excluding hydrogens is 313 g/mol. The Morgan fingerprint density at radius 1 is 1.13 bits per heavy atom. The number of hydrogen-bond acceptors (Lipinski definition) is 1. The first-order chi connectivity index (χ1) is 11.0. The molecule has 3 aromatic rings. The van der Waals surface area contributed by atoms with Crippen molar-refractivity contribution in [1.29, 1.82) is 0 Å². The van der Waals surface area contributed by atoms with Crippen molar-refractivity contribution in [3.63, 3.8) is 0 Å². The van der Waals surface area contributed by atoms with Crippen molar-refractivity contribution in [2.75, 3.05) is 0 Å². The monoisotopic (exact) mass is 329 g/mol. The Morgan fingerprint density at radius 3 is 2.61 bits per heavy atom. The van der Waals surface area contributed by atoms with Crippen LogP contribution in [-0.2, 0) is 6.42 Å². The molecule has 0 aliphatic rings. The fourth-order valence-corrected chi connectivity index (χ4v) is 2.95. The van der Waals surface area contributed by atoms with Gasteiger partial charge in [0, 0.05) is 10.7 Å². The van der Waals surface area contributed by atoms with Gasteiger partial charge in [0.2, 0.25) is 0 Å². The lowest BCUT2D eigenvalue weighted by atomic mass is 10.1. The number of nitrogens with zero attached hydrogens (tertiary/aromatic N) is 1. The van der Waals surface area contributed by atoms with E-state index in [0.29, 0.717) is 16.1 Å². The molecular formula is C19H17ClFNO. The summed E-state index contributed by atoms with van der Waals surface area (Å²) in [5, 5.41) is 1.74. The summed E-state index contributed by atoms with van der Waals surface area (Å²) < 4.78 is 15.2. The molecule has 1 aromatic heterocycles. The van der Waals surface area contributed by atoms with E-state index in [1.165, 1.54) is 12.1 Å². The molecule has 0 bridgehead atoms. The first-order valence-corrected chi connectivity index (χ1v) is 7.99. The normalized spacial score (nSPS) is 11.1. The second-order valence-electron chi connectivity index (χ2n) is 5.69. The van der Waals surface area contributed by atoms with Crippen molar-refractivity contribution in [1.82, 2.24) is 4.57 Å². The van der Waals surface area contributed by atoms with Crippen molar-refractivity contribution >= 4 is 22.4 Å². The second-order valence-corrected chi connectivity index (χ2v) is 6.10. The second kappa shape index (κ2) is 6.17. The van der Waals surface area contributed by atoms with Gasteiger partial charge in [-0.1, -0.05) is 37.1 Å². The topological polar surface area (TPSA) is 22.0 Å². The van der Waals surface area contributed by atoms with E-state index in [1.54, 1.807) is 16.7 Å². The third kappa shape index (κ3) is 2.89. The minimum absolute atomic E-state index is 0.217. The van der Waals surface area contributed by atoms with E-state index in [2.05, 4.69) is 6.92 Å². The summed E-state index contributed by atoms with van der Waals surface area (Å²) in [6.45, 7) is 3.98. The van der Waals surface area contributed by atoms with Crippen molar-refractivity contribution < 1.29 is 4.39 Å². The zero-order valence-electron chi connectivity index (χ0n) is 13.1. The van der Waals surface area contributed by atoms with Crippen LogP contribution in [-0.4, -0.2) is 4.57 Å². The van der Waals surface area contributed by atoms with Crippen LogP contribution in [0.25, 0.3) is 16.5 Å². The Labute approximate surface area is 139 Å². The number of aryl methyl sites for hydroxylation is 2. The van der Waals surface area contributed by atoms with E-state index in [-0.39, 0.29) is 5.56 Å². The minimum Gasteiger partial charge on any atom is -0.281 e. The molecule has 0 saturated heterocycles. The van der Waals surface area contributed by atoms with E-state index >= 15 is 0 Å². The molecule has 2 aromatic carbocycles. The van der Waals surface area contributed by atoms with Crippen molar-refractivity contribution in [2.24, 2.45) is 0 Å². The number of aromatic nitrogens is 1. The molecule has 3 rings (SSSR count). The van der Waals surface area contributed by atoms with Gasteiger partial charge >= 0.3 is 0 Å². The molecule has 2 nitrogen and oxygen atoms in total. The van der Waals surface area contributed by atoms with Crippen LogP contribution < -0.4 is 5.56 Å². The molecule has 4 heteroatoms. The Morgan fingerprint density at radius 2 is 1.91 bits per heavy atom. The van der Waals surface area contributed by atoms with Gasteiger partial charge in [0.05, 0.1) is 11.1 Å². The van der Waals surface area contributed by atoms with Gasteiger partial charge in [-0.05, 0) is 54.6 Å². The Kier molecular flexibility index (Phi) is 4.22. The fraction of sp³-hybridized carbons (Fsp3) is 0.211. The maximum Gasteiger partial charge on any atom is 0.263 e.